The normalized spacial score (nSPS) is 10.9. The molecule has 3 aromatic rings. The van der Waals surface area contributed by atoms with Gasteiger partial charge in [-0.15, -0.1) is 11.3 Å². The summed E-state index contributed by atoms with van der Waals surface area (Å²) in [6.07, 6.45) is 0. The molecule has 3 rings (SSSR count). The van der Waals surface area contributed by atoms with Crippen LogP contribution in [-0.4, -0.2) is 23.2 Å². The highest BCUT2D eigenvalue weighted by Gasteiger charge is 2.19. The molecular formula is C13H11N3O3S. The number of nitrogens with one attached hydrogen (secondary N) is 1. The third kappa shape index (κ3) is 2.06. The molecule has 7 heteroatoms. The zero-order chi connectivity index (χ0) is 14.1. The van der Waals surface area contributed by atoms with E-state index in [9.17, 15) is 4.79 Å². The van der Waals surface area contributed by atoms with Crippen LogP contribution < -0.4 is 5.48 Å². The molecule has 20 heavy (non-hydrogen) atoms. The molecule has 0 radical (unpaired) electrons. The van der Waals surface area contributed by atoms with Crippen LogP contribution in [0.5, 0.6) is 0 Å². The van der Waals surface area contributed by atoms with E-state index in [1.807, 2.05) is 17.5 Å². The fourth-order valence-electron chi connectivity index (χ4n) is 1.97. The average molecular weight is 289 g/mol. The topological polar surface area (TPSA) is 77.2 Å². The molecule has 0 saturated carbocycles. The van der Waals surface area contributed by atoms with Crippen molar-refractivity contribution in [3.63, 3.8) is 0 Å². The third-order valence-electron chi connectivity index (χ3n) is 2.83. The number of fused-ring (bicyclic) bond motifs is 1. The highest BCUT2D eigenvalue weighted by Crippen LogP contribution is 2.29. The molecule has 0 aliphatic rings. The molecule has 0 fully saturated rings. The summed E-state index contributed by atoms with van der Waals surface area (Å²) in [4.78, 5) is 22.1. The molecule has 0 unspecified atom stereocenters. The van der Waals surface area contributed by atoms with Gasteiger partial charge in [-0.25, -0.2) is 10.5 Å². The summed E-state index contributed by atoms with van der Waals surface area (Å²) < 4.78 is 5.18. The summed E-state index contributed by atoms with van der Waals surface area (Å²) in [7, 11) is 1.39. The summed E-state index contributed by atoms with van der Waals surface area (Å²) in [5.41, 5.74) is 4.37. The van der Waals surface area contributed by atoms with Gasteiger partial charge in [0.15, 0.2) is 0 Å². The number of pyridine rings is 1. The van der Waals surface area contributed by atoms with Gasteiger partial charge in [0.25, 0.3) is 11.6 Å². The molecule has 3 aromatic heterocycles. The van der Waals surface area contributed by atoms with Crippen molar-refractivity contribution in [2.75, 3.05) is 7.11 Å². The van der Waals surface area contributed by atoms with Crippen molar-refractivity contribution in [3.05, 3.63) is 34.8 Å². The minimum absolute atomic E-state index is 0.342. The van der Waals surface area contributed by atoms with Crippen LogP contribution >= 0.6 is 11.3 Å². The maximum Gasteiger partial charge on any atom is 0.275 e. The quantitative estimate of drug-likeness (QED) is 0.750. The Bertz CT molecular complexity index is 765. The molecule has 3 heterocycles. The molecule has 0 aromatic carbocycles. The van der Waals surface area contributed by atoms with Gasteiger partial charge in [-0.3, -0.25) is 9.63 Å². The highest BCUT2D eigenvalue weighted by molar-refractivity contribution is 7.13. The Balaban J connectivity index is 2.24. The molecule has 0 saturated heterocycles. The first-order valence-electron chi connectivity index (χ1n) is 5.85. The zero-order valence-corrected chi connectivity index (χ0v) is 11.7. The Morgan fingerprint density at radius 1 is 1.50 bits per heavy atom. The summed E-state index contributed by atoms with van der Waals surface area (Å²) in [5, 5.41) is 6.41. The fraction of sp³-hybridized carbons (Fsp3) is 0.154. The van der Waals surface area contributed by atoms with Crippen molar-refractivity contribution in [1.29, 1.82) is 0 Å². The Kier molecular flexibility index (Phi) is 3.21. The number of hydrogen-bond donors (Lipinski definition) is 1. The molecule has 0 atom stereocenters. The van der Waals surface area contributed by atoms with Crippen molar-refractivity contribution in [2.24, 2.45) is 0 Å². The third-order valence-corrected chi connectivity index (χ3v) is 3.72. The van der Waals surface area contributed by atoms with Gasteiger partial charge in [0.05, 0.1) is 34.3 Å². The summed E-state index contributed by atoms with van der Waals surface area (Å²) in [6.45, 7) is 1.77. The number of amides is 1. The minimum atomic E-state index is -0.357. The van der Waals surface area contributed by atoms with Gasteiger partial charge in [0, 0.05) is 0 Å². The van der Waals surface area contributed by atoms with Crippen molar-refractivity contribution in [3.8, 4) is 10.6 Å². The first-order valence-corrected chi connectivity index (χ1v) is 6.73. The zero-order valence-electron chi connectivity index (χ0n) is 10.8. The van der Waals surface area contributed by atoms with Crippen LogP contribution in [0.1, 0.15) is 16.1 Å². The molecule has 0 aliphatic heterocycles. The fourth-order valence-corrected chi connectivity index (χ4v) is 2.66. The van der Waals surface area contributed by atoms with Crippen molar-refractivity contribution < 1.29 is 14.2 Å². The smallest absolute Gasteiger partial charge is 0.275 e. The Morgan fingerprint density at radius 2 is 2.35 bits per heavy atom. The summed E-state index contributed by atoms with van der Waals surface area (Å²) in [6, 6.07) is 5.57. The number of rotatable bonds is 3. The monoisotopic (exact) mass is 289 g/mol. The molecule has 0 spiro atoms. The van der Waals surface area contributed by atoms with Crippen molar-refractivity contribution in [1.82, 2.24) is 15.6 Å². The lowest BCUT2D eigenvalue weighted by atomic mass is 10.1. The predicted molar refractivity (Wildman–Crippen MR) is 74.3 cm³/mol. The first kappa shape index (κ1) is 12.8. The van der Waals surface area contributed by atoms with Crippen molar-refractivity contribution >= 4 is 28.3 Å². The van der Waals surface area contributed by atoms with Gasteiger partial charge in [0.2, 0.25) is 0 Å². The Labute approximate surface area is 118 Å². The van der Waals surface area contributed by atoms with E-state index in [2.05, 4.69) is 20.5 Å². The van der Waals surface area contributed by atoms with E-state index in [0.29, 0.717) is 28.1 Å². The molecule has 1 N–H and O–H groups in total. The number of carbonyl (C=O) groups is 1. The van der Waals surface area contributed by atoms with E-state index in [1.165, 1.54) is 18.4 Å². The second-order valence-electron chi connectivity index (χ2n) is 4.12. The van der Waals surface area contributed by atoms with Gasteiger partial charge < -0.3 is 4.52 Å². The lowest BCUT2D eigenvalue weighted by molar-refractivity contribution is 0.0539. The summed E-state index contributed by atoms with van der Waals surface area (Å²) in [5.74, 6) is -0.357. The number of hydrogen-bond acceptors (Lipinski definition) is 6. The maximum absolute atomic E-state index is 12.1. The Morgan fingerprint density at radius 3 is 3.05 bits per heavy atom. The van der Waals surface area contributed by atoms with Gasteiger partial charge in [-0.05, 0) is 24.4 Å². The average Bonchev–Trinajstić information content (AvgIpc) is 3.08. The van der Waals surface area contributed by atoms with Gasteiger partial charge in [-0.2, -0.15) is 0 Å². The lowest BCUT2D eigenvalue weighted by Gasteiger charge is -2.05. The van der Waals surface area contributed by atoms with Crippen LogP contribution in [-0.2, 0) is 4.84 Å². The summed E-state index contributed by atoms with van der Waals surface area (Å²) >= 11 is 1.54. The van der Waals surface area contributed by atoms with Crippen LogP contribution in [0.15, 0.2) is 28.1 Å². The molecule has 0 aliphatic carbocycles. The van der Waals surface area contributed by atoms with Crippen LogP contribution in [0, 0.1) is 6.92 Å². The lowest BCUT2D eigenvalue weighted by Crippen LogP contribution is -2.22. The number of hydroxylamine groups is 1. The van der Waals surface area contributed by atoms with Crippen molar-refractivity contribution in [2.45, 2.75) is 6.92 Å². The molecular weight excluding hydrogens is 278 g/mol. The van der Waals surface area contributed by atoms with E-state index in [1.54, 1.807) is 13.0 Å². The van der Waals surface area contributed by atoms with Gasteiger partial charge in [-0.1, -0.05) is 11.2 Å². The second kappa shape index (κ2) is 5.03. The van der Waals surface area contributed by atoms with E-state index in [0.717, 1.165) is 4.88 Å². The SMILES string of the molecule is CONC(=O)c1cc(-c2cccs2)nc2onc(C)c12. The first-order chi connectivity index (χ1) is 9.70. The van der Waals surface area contributed by atoms with Crippen LogP contribution in [0.2, 0.25) is 0 Å². The molecule has 0 bridgehead atoms. The molecule has 6 nitrogen and oxygen atoms in total. The maximum atomic E-state index is 12.1. The standard InChI is InChI=1S/C13H11N3O3S/c1-7-11-8(12(17)16-18-2)6-9(10-4-3-5-20-10)14-13(11)19-15-7/h3-6H,1-2H3,(H,16,17). The van der Waals surface area contributed by atoms with Gasteiger partial charge >= 0.3 is 0 Å². The highest BCUT2D eigenvalue weighted by atomic mass is 32.1. The van der Waals surface area contributed by atoms with E-state index in [-0.39, 0.29) is 5.91 Å². The van der Waals surface area contributed by atoms with Crippen LogP contribution in [0.25, 0.3) is 21.7 Å². The van der Waals surface area contributed by atoms with Crippen LogP contribution in [0.4, 0.5) is 0 Å². The van der Waals surface area contributed by atoms with E-state index in [4.69, 9.17) is 4.52 Å². The number of thiophene rings is 1. The van der Waals surface area contributed by atoms with E-state index < -0.39 is 0 Å². The molecule has 102 valence electrons. The number of nitrogens with zero attached hydrogens (tertiary/aromatic N) is 2. The molecule has 1 amide bonds. The number of carbonyl (C=O) groups excluding carboxylic acids is 1. The van der Waals surface area contributed by atoms with Gasteiger partial charge in [0.1, 0.15) is 0 Å². The van der Waals surface area contributed by atoms with E-state index >= 15 is 0 Å². The largest absolute Gasteiger partial charge is 0.335 e. The Hall–Kier alpha value is -2.25. The predicted octanol–water partition coefficient (Wildman–Crippen LogP) is 2.55. The second-order valence-corrected chi connectivity index (χ2v) is 5.06. The van der Waals surface area contributed by atoms with Crippen LogP contribution in [0.3, 0.4) is 0 Å². The minimum Gasteiger partial charge on any atom is -0.335 e. The number of aromatic nitrogens is 2. The number of aryl methyl sites for hydroxylation is 1.